The number of ether oxygens (including phenoxy) is 2. The lowest BCUT2D eigenvalue weighted by Crippen LogP contribution is -2.60. The number of carbonyl (C=O) groups is 1. The Kier molecular flexibility index (Phi) is 5.44. The van der Waals surface area contributed by atoms with Gasteiger partial charge in [0.05, 0.1) is 26.5 Å². The highest BCUT2D eigenvalue weighted by molar-refractivity contribution is 7.94. The van der Waals surface area contributed by atoms with Crippen molar-refractivity contribution in [1.82, 2.24) is 4.98 Å². The lowest BCUT2D eigenvalue weighted by Gasteiger charge is -2.41. The number of benzene rings is 1. The van der Waals surface area contributed by atoms with Crippen molar-refractivity contribution in [2.75, 3.05) is 25.6 Å². The second-order valence-electron chi connectivity index (χ2n) is 8.67. The Morgan fingerprint density at radius 2 is 2.06 bits per heavy atom. The molecule has 33 heavy (non-hydrogen) atoms. The first-order chi connectivity index (χ1) is 15.4. The fourth-order valence-electron chi connectivity index (χ4n) is 4.19. The summed E-state index contributed by atoms with van der Waals surface area (Å²) in [6.45, 7) is 4.38. The van der Waals surface area contributed by atoms with Crippen LogP contribution >= 0.6 is 0 Å². The minimum atomic E-state index is -3.86. The van der Waals surface area contributed by atoms with E-state index < -0.39 is 37.1 Å². The minimum Gasteiger partial charge on any atom is -0.495 e. The number of aromatic nitrogens is 1. The molecular formula is C22H25FN4O5S. The monoisotopic (exact) mass is 476 g/mol. The zero-order valence-corrected chi connectivity index (χ0v) is 19.5. The van der Waals surface area contributed by atoms with E-state index in [1.165, 1.54) is 39.3 Å². The molecule has 0 spiro atoms. The summed E-state index contributed by atoms with van der Waals surface area (Å²) in [5.41, 5.74) is 5.52. The fraction of sp³-hybridized carbons (Fsp3) is 0.409. The molecule has 1 fully saturated rings. The van der Waals surface area contributed by atoms with Gasteiger partial charge in [0.15, 0.2) is 9.84 Å². The zero-order chi connectivity index (χ0) is 24.2. The second kappa shape index (κ2) is 7.77. The van der Waals surface area contributed by atoms with Gasteiger partial charge in [-0.05, 0) is 50.6 Å². The third-order valence-corrected chi connectivity index (χ3v) is 9.25. The van der Waals surface area contributed by atoms with Gasteiger partial charge < -0.3 is 20.5 Å². The van der Waals surface area contributed by atoms with Gasteiger partial charge in [0.2, 0.25) is 0 Å². The lowest BCUT2D eigenvalue weighted by atomic mass is 9.87. The molecule has 2 aliphatic rings. The molecule has 9 nitrogen and oxygen atoms in total. The van der Waals surface area contributed by atoms with Crippen LogP contribution in [0.2, 0.25) is 0 Å². The summed E-state index contributed by atoms with van der Waals surface area (Å²) in [4.78, 5) is 21.4. The molecule has 0 bridgehead atoms. The van der Waals surface area contributed by atoms with E-state index >= 15 is 4.39 Å². The Morgan fingerprint density at radius 1 is 1.33 bits per heavy atom. The summed E-state index contributed by atoms with van der Waals surface area (Å²) in [6, 6.07) is 5.58. The van der Waals surface area contributed by atoms with E-state index in [2.05, 4.69) is 15.3 Å². The number of nitrogens with one attached hydrogen (secondary N) is 1. The quantitative estimate of drug-likeness (QED) is 0.689. The number of anilines is 1. The summed E-state index contributed by atoms with van der Waals surface area (Å²) in [6.07, 6.45) is 1.42. The van der Waals surface area contributed by atoms with Gasteiger partial charge in [-0.3, -0.25) is 9.79 Å². The predicted octanol–water partition coefficient (Wildman–Crippen LogP) is 1.95. The molecule has 0 saturated carbocycles. The molecule has 3 heterocycles. The first-order valence-corrected chi connectivity index (χ1v) is 11.8. The van der Waals surface area contributed by atoms with Gasteiger partial charge in [-0.15, -0.1) is 0 Å². The lowest BCUT2D eigenvalue weighted by molar-refractivity contribution is 0.102. The van der Waals surface area contributed by atoms with Gasteiger partial charge in [-0.25, -0.2) is 17.8 Å². The van der Waals surface area contributed by atoms with Crippen molar-refractivity contribution in [1.29, 1.82) is 0 Å². The van der Waals surface area contributed by atoms with E-state index in [9.17, 15) is 13.2 Å². The van der Waals surface area contributed by atoms with Crippen LogP contribution in [0.3, 0.4) is 0 Å². The molecule has 0 aliphatic carbocycles. The average Bonchev–Trinajstić information content (AvgIpc) is 3.19. The van der Waals surface area contributed by atoms with Crippen LogP contribution in [0.5, 0.6) is 5.75 Å². The highest BCUT2D eigenvalue weighted by Gasteiger charge is 2.62. The molecule has 1 aromatic heterocycles. The Balaban J connectivity index is 1.75. The number of fused-ring (bicyclic) bond motifs is 1. The Hall–Kier alpha value is -3.05. The third kappa shape index (κ3) is 3.46. The first kappa shape index (κ1) is 23.1. The van der Waals surface area contributed by atoms with E-state index in [-0.39, 0.29) is 36.0 Å². The number of amides is 1. The summed E-state index contributed by atoms with van der Waals surface area (Å²) in [5, 5.41) is 1.58. The SMILES string of the molecule is COc1cnc(C(=O)Nc2ccc(F)c([C@]34COC[C@@H]3S(=O)(=O)C(C)(C)C(N)=N4)c2)c(C)c1. The van der Waals surface area contributed by atoms with Crippen LogP contribution in [0.15, 0.2) is 35.5 Å². The maximum Gasteiger partial charge on any atom is 0.274 e. The molecular weight excluding hydrogens is 451 g/mol. The summed E-state index contributed by atoms with van der Waals surface area (Å²) in [5.74, 6) is -0.786. The number of pyridine rings is 1. The number of hydrogen-bond acceptors (Lipinski definition) is 8. The second-order valence-corrected chi connectivity index (χ2v) is 11.3. The van der Waals surface area contributed by atoms with E-state index in [0.29, 0.717) is 11.3 Å². The number of carbonyl (C=O) groups excluding carboxylic acids is 1. The molecule has 11 heteroatoms. The van der Waals surface area contributed by atoms with Gasteiger partial charge in [0, 0.05) is 11.3 Å². The van der Waals surface area contributed by atoms with E-state index in [1.54, 1.807) is 13.0 Å². The van der Waals surface area contributed by atoms with Crippen molar-refractivity contribution in [3.05, 3.63) is 53.1 Å². The number of amidine groups is 1. The number of sulfone groups is 1. The summed E-state index contributed by atoms with van der Waals surface area (Å²) in [7, 11) is -2.36. The van der Waals surface area contributed by atoms with Gasteiger partial charge in [0.1, 0.15) is 38.6 Å². The topological polar surface area (TPSA) is 133 Å². The molecule has 2 aromatic rings. The maximum absolute atomic E-state index is 15.1. The largest absolute Gasteiger partial charge is 0.495 e. The number of hydrogen-bond donors (Lipinski definition) is 2. The molecule has 1 aromatic carbocycles. The maximum atomic E-state index is 15.1. The van der Waals surface area contributed by atoms with Crippen LogP contribution in [-0.2, 0) is 20.1 Å². The Labute approximate surface area is 191 Å². The molecule has 2 aliphatic heterocycles. The number of rotatable bonds is 4. The Morgan fingerprint density at radius 3 is 2.73 bits per heavy atom. The van der Waals surface area contributed by atoms with Crippen molar-refractivity contribution < 1.29 is 27.1 Å². The average molecular weight is 477 g/mol. The van der Waals surface area contributed by atoms with Crippen LogP contribution in [-0.4, -0.2) is 55.5 Å². The van der Waals surface area contributed by atoms with Gasteiger partial charge >= 0.3 is 0 Å². The van der Waals surface area contributed by atoms with E-state index in [4.69, 9.17) is 15.2 Å². The first-order valence-electron chi connectivity index (χ1n) is 10.2. The van der Waals surface area contributed by atoms with Gasteiger partial charge in [-0.2, -0.15) is 0 Å². The molecule has 176 valence electrons. The van der Waals surface area contributed by atoms with Gasteiger partial charge in [-0.1, -0.05) is 0 Å². The molecule has 1 saturated heterocycles. The number of methoxy groups -OCH3 is 1. The summed E-state index contributed by atoms with van der Waals surface area (Å²) < 4.78 is 50.9. The fourth-order valence-corrected chi connectivity index (χ4v) is 6.27. The smallest absolute Gasteiger partial charge is 0.274 e. The van der Waals surface area contributed by atoms with Crippen molar-refractivity contribution in [3.8, 4) is 5.75 Å². The highest BCUT2D eigenvalue weighted by atomic mass is 32.2. The van der Waals surface area contributed by atoms with Crippen LogP contribution in [0.4, 0.5) is 10.1 Å². The van der Waals surface area contributed by atoms with Crippen LogP contribution in [0.1, 0.15) is 35.5 Å². The van der Waals surface area contributed by atoms with Gasteiger partial charge in [0.25, 0.3) is 5.91 Å². The number of aliphatic imine (C=N–C) groups is 1. The molecule has 2 atom stereocenters. The van der Waals surface area contributed by atoms with Crippen LogP contribution < -0.4 is 15.8 Å². The normalized spacial score (nSPS) is 25.1. The van der Waals surface area contributed by atoms with Crippen molar-refractivity contribution >= 4 is 27.3 Å². The highest BCUT2D eigenvalue weighted by Crippen LogP contribution is 2.47. The third-order valence-electron chi connectivity index (χ3n) is 6.34. The molecule has 1 amide bonds. The number of nitrogens with two attached hydrogens (primary N) is 1. The number of nitrogens with zero attached hydrogens (tertiary/aromatic N) is 2. The Bertz CT molecular complexity index is 1280. The zero-order valence-electron chi connectivity index (χ0n) is 18.7. The standard InChI is InChI=1S/C22H25FN4O5S/c1-12-7-14(31-4)9-25-18(12)19(28)26-13-5-6-16(23)15(8-13)22-11-32-10-17(22)33(29,30)21(2,3)20(24)27-22/h5-9,17H,10-11H2,1-4H3,(H2,24,27)(H,26,28)/t17-,22+/m0/s1. The predicted molar refractivity (Wildman–Crippen MR) is 121 cm³/mol. The molecule has 0 radical (unpaired) electrons. The molecule has 0 unspecified atom stereocenters. The van der Waals surface area contributed by atoms with Crippen molar-refractivity contribution in [2.45, 2.75) is 36.3 Å². The van der Waals surface area contributed by atoms with Crippen molar-refractivity contribution in [3.63, 3.8) is 0 Å². The molecule has 4 rings (SSSR count). The van der Waals surface area contributed by atoms with Crippen LogP contribution in [0, 0.1) is 12.7 Å². The molecule has 3 N–H and O–H groups in total. The van der Waals surface area contributed by atoms with E-state index in [1.807, 2.05) is 0 Å². The minimum absolute atomic E-state index is 0.00997. The summed E-state index contributed by atoms with van der Waals surface area (Å²) >= 11 is 0. The number of aryl methyl sites for hydroxylation is 1. The van der Waals surface area contributed by atoms with Crippen molar-refractivity contribution in [2.24, 2.45) is 10.7 Å². The van der Waals surface area contributed by atoms with Crippen LogP contribution in [0.25, 0.3) is 0 Å². The van der Waals surface area contributed by atoms with E-state index in [0.717, 1.165) is 6.07 Å². The number of halogens is 1.